The molecule has 9 nitrogen and oxygen atoms in total. The van der Waals surface area contributed by atoms with Crippen molar-refractivity contribution in [2.75, 3.05) is 43.9 Å². The van der Waals surface area contributed by atoms with Crippen LogP contribution in [0.4, 0.5) is 11.4 Å². The lowest BCUT2D eigenvalue weighted by Crippen LogP contribution is -2.49. The first kappa shape index (κ1) is 24.5. The number of nitrogens with zero attached hydrogens (tertiary/aromatic N) is 3. The van der Waals surface area contributed by atoms with Crippen LogP contribution in [0.3, 0.4) is 0 Å². The lowest BCUT2D eigenvalue weighted by molar-refractivity contribution is -0.384. The van der Waals surface area contributed by atoms with Gasteiger partial charge in [-0.1, -0.05) is 13.8 Å². The van der Waals surface area contributed by atoms with Gasteiger partial charge < -0.3 is 14.5 Å². The van der Waals surface area contributed by atoms with E-state index in [-0.39, 0.29) is 16.5 Å². The van der Waals surface area contributed by atoms with Crippen molar-refractivity contribution in [3.63, 3.8) is 0 Å². The highest BCUT2D eigenvalue weighted by atomic mass is 32.2. The SMILES string of the molecule is CC(C)CCOc1ccc(C(=O)N2CCN(c3ccc(S(C)(=O)=O)cc3[N+](=O)[O-])CC2)cc1. The minimum absolute atomic E-state index is 0.0941. The van der Waals surface area contributed by atoms with Crippen LogP contribution in [0.15, 0.2) is 47.4 Å². The van der Waals surface area contributed by atoms with Crippen LogP contribution in [0, 0.1) is 16.0 Å². The van der Waals surface area contributed by atoms with Crippen LogP contribution in [0.5, 0.6) is 5.75 Å². The van der Waals surface area contributed by atoms with Crippen molar-refractivity contribution in [2.45, 2.75) is 25.2 Å². The fourth-order valence-electron chi connectivity index (χ4n) is 3.59. The molecular weight excluding hydrogens is 446 g/mol. The number of sulfone groups is 1. The van der Waals surface area contributed by atoms with Gasteiger partial charge in [-0.25, -0.2) is 8.42 Å². The van der Waals surface area contributed by atoms with Gasteiger partial charge in [0.1, 0.15) is 11.4 Å². The second kappa shape index (κ2) is 10.2. The molecule has 2 aromatic rings. The number of nitro groups is 1. The number of nitro benzene ring substituents is 1. The van der Waals surface area contributed by atoms with Gasteiger partial charge in [-0.2, -0.15) is 0 Å². The molecule has 178 valence electrons. The van der Waals surface area contributed by atoms with Crippen LogP contribution in [-0.2, 0) is 9.84 Å². The smallest absolute Gasteiger partial charge is 0.293 e. The van der Waals surface area contributed by atoms with Crippen molar-refractivity contribution < 1.29 is 22.9 Å². The molecule has 1 heterocycles. The minimum atomic E-state index is -3.55. The van der Waals surface area contributed by atoms with E-state index >= 15 is 0 Å². The molecule has 33 heavy (non-hydrogen) atoms. The number of rotatable bonds is 8. The average molecular weight is 476 g/mol. The number of piperazine rings is 1. The van der Waals surface area contributed by atoms with E-state index in [0.717, 1.165) is 24.5 Å². The maximum Gasteiger partial charge on any atom is 0.293 e. The third-order valence-corrected chi connectivity index (χ3v) is 6.65. The summed E-state index contributed by atoms with van der Waals surface area (Å²) in [5.74, 6) is 1.18. The van der Waals surface area contributed by atoms with E-state index in [9.17, 15) is 23.3 Å². The van der Waals surface area contributed by atoms with E-state index in [1.165, 1.54) is 12.1 Å². The summed E-state index contributed by atoms with van der Waals surface area (Å²) in [7, 11) is -3.55. The molecule has 0 aliphatic carbocycles. The minimum Gasteiger partial charge on any atom is -0.494 e. The van der Waals surface area contributed by atoms with Crippen LogP contribution >= 0.6 is 0 Å². The fourth-order valence-corrected chi connectivity index (χ4v) is 4.23. The molecule has 0 bridgehead atoms. The molecular formula is C23H29N3O6S. The predicted octanol–water partition coefficient (Wildman–Crippen LogP) is 3.39. The normalized spacial score (nSPS) is 14.4. The average Bonchev–Trinajstić information content (AvgIpc) is 2.78. The summed E-state index contributed by atoms with van der Waals surface area (Å²) < 4.78 is 29.2. The number of hydrogen-bond acceptors (Lipinski definition) is 7. The van der Waals surface area contributed by atoms with Crippen LogP contribution < -0.4 is 9.64 Å². The molecule has 0 unspecified atom stereocenters. The Morgan fingerprint density at radius 3 is 2.27 bits per heavy atom. The van der Waals surface area contributed by atoms with E-state index in [4.69, 9.17) is 4.74 Å². The van der Waals surface area contributed by atoms with Crippen molar-refractivity contribution in [1.29, 1.82) is 0 Å². The van der Waals surface area contributed by atoms with Gasteiger partial charge in [0, 0.05) is 44.1 Å². The summed E-state index contributed by atoms with van der Waals surface area (Å²) >= 11 is 0. The van der Waals surface area contributed by atoms with Crippen molar-refractivity contribution in [1.82, 2.24) is 4.90 Å². The lowest BCUT2D eigenvalue weighted by Gasteiger charge is -2.36. The van der Waals surface area contributed by atoms with Crippen LogP contribution in [-0.4, -0.2) is 63.2 Å². The number of hydrogen-bond donors (Lipinski definition) is 0. The zero-order valence-corrected chi connectivity index (χ0v) is 19.9. The van der Waals surface area contributed by atoms with Crippen molar-refractivity contribution in [2.24, 2.45) is 5.92 Å². The first-order chi connectivity index (χ1) is 15.6. The molecule has 0 spiro atoms. The lowest BCUT2D eigenvalue weighted by atomic mass is 10.1. The number of carbonyl (C=O) groups is 1. The molecule has 0 aromatic heterocycles. The first-order valence-corrected chi connectivity index (χ1v) is 12.7. The van der Waals surface area contributed by atoms with Crippen LogP contribution in [0.1, 0.15) is 30.6 Å². The molecule has 1 aliphatic rings. The molecule has 0 saturated carbocycles. The number of carbonyl (C=O) groups excluding carboxylic acids is 1. The van der Waals surface area contributed by atoms with E-state index in [0.29, 0.717) is 50.0 Å². The van der Waals surface area contributed by atoms with E-state index in [2.05, 4.69) is 13.8 Å². The first-order valence-electron chi connectivity index (χ1n) is 10.8. The number of ether oxygens (including phenoxy) is 1. The molecule has 1 amide bonds. The Bertz CT molecular complexity index is 1110. The molecule has 0 atom stereocenters. The Labute approximate surface area is 194 Å². The Balaban J connectivity index is 1.64. The van der Waals surface area contributed by atoms with Gasteiger partial charge in [-0.3, -0.25) is 14.9 Å². The molecule has 10 heteroatoms. The second-order valence-electron chi connectivity index (χ2n) is 8.51. The van der Waals surface area contributed by atoms with E-state index < -0.39 is 14.8 Å². The third kappa shape index (κ3) is 6.22. The van der Waals surface area contributed by atoms with Gasteiger partial charge in [0.25, 0.3) is 11.6 Å². The van der Waals surface area contributed by atoms with Crippen molar-refractivity contribution in [3.05, 3.63) is 58.1 Å². The molecule has 2 aromatic carbocycles. The second-order valence-corrected chi connectivity index (χ2v) is 10.5. The highest BCUT2D eigenvalue weighted by Crippen LogP contribution is 2.31. The molecule has 1 fully saturated rings. The van der Waals surface area contributed by atoms with Gasteiger partial charge in [0.15, 0.2) is 9.84 Å². The highest BCUT2D eigenvalue weighted by Gasteiger charge is 2.27. The quantitative estimate of drug-likeness (QED) is 0.425. The number of anilines is 1. The summed E-state index contributed by atoms with van der Waals surface area (Å²) in [6.07, 6.45) is 1.97. The maximum absolute atomic E-state index is 12.9. The Hall–Kier alpha value is -3.14. The van der Waals surface area contributed by atoms with Gasteiger partial charge in [0.2, 0.25) is 0 Å². The fraction of sp³-hybridized carbons (Fsp3) is 0.435. The van der Waals surface area contributed by atoms with Gasteiger partial charge in [-0.15, -0.1) is 0 Å². The summed E-state index contributed by atoms with van der Waals surface area (Å²) in [4.78, 5) is 27.3. The molecule has 0 radical (unpaired) electrons. The van der Waals surface area contributed by atoms with Gasteiger partial charge in [0.05, 0.1) is 16.4 Å². The van der Waals surface area contributed by atoms with Gasteiger partial charge >= 0.3 is 0 Å². The largest absolute Gasteiger partial charge is 0.494 e. The van der Waals surface area contributed by atoms with Crippen molar-refractivity contribution >= 4 is 27.1 Å². The maximum atomic E-state index is 12.9. The summed E-state index contributed by atoms with van der Waals surface area (Å²) in [6, 6.07) is 11.0. The zero-order valence-electron chi connectivity index (χ0n) is 19.1. The Morgan fingerprint density at radius 2 is 1.73 bits per heavy atom. The summed E-state index contributed by atoms with van der Waals surface area (Å²) in [6.45, 7) is 6.50. The predicted molar refractivity (Wildman–Crippen MR) is 126 cm³/mol. The topological polar surface area (TPSA) is 110 Å². The summed E-state index contributed by atoms with van der Waals surface area (Å²) in [5.41, 5.74) is 0.649. The molecule has 3 rings (SSSR count). The van der Waals surface area contributed by atoms with Gasteiger partial charge in [-0.05, 0) is 48.7 Å². The molecule has 0 N–H and O–H groups in total. The van der Waals surface area contributed by atoms with E-state index in [1.807, 2.05) is 0 Å². The third-order valence-electron chi connectivity index (χ3n) is 5.54. The Kier molecular flexibility index (Phi) is 7.57. The highest BCUT2D eigenvalue weighted by molar-refractivity contribution is 7.90. The van der Waals surface area contributed by atoms with Crippen molar-refractivity contribution in [3.8, 4) is 5.75 Å². The number of benzene rings is 2. The zero-order chi connectivity index (χ0) is 24.2. The standard InChI is InChI=1S/C23H29N3O6S/c1-17(2)10-15-32-19-6-4-18(5-7-19)23(27)25-13-11-24(12-14-25)21-9-8-20(33(3,30)31)16-22(21)26(28)29/h4-9,16-17H,10-15H2,1-3H3. The van der Waals surface area contributed by atoms with Crippen LogP contribution in [0.2, 0.25) is 0 Å². The molecule has 1 saturated heterocycles. The van der Waals surface area contributed by atoms with Crippen LogP contribution in [0.25, 0.3) is 0 Å². The molecule has 1 aliphatic heterocycles. The Morgan fingerprint density at radius 1 is 1.09 bits per heavy atom. The van der Waals surface area contributed by atoms with E-state index in [1.54, 1.807) is 34.1 Å². The number of amides is 1. The summed E-state index contributed by atoms with van der Waals surface area (Å²) in [5, 5.41) is 11.5. The monoisotopic (exact) mass is 475 g/mol.